The molecule has 2 aliphatic heterocycles. The second-order valence-corrected chi connectivity index (χ2v) is 10.9. The molecule has 0 saturated carbocycles. The van der Waals surface area contributed by atoms with E-state index < -0.39 is 29.2 Å². The summed E-state index contributed by atoms with van der Waals surface area (Å²) in [4.78, 5) is 28.7. The molecule has 0 aromatic heterocycles. The number of carbonyl (C=O) groups excluding carboxylic acids is 2. The topological polar surface area (TPSA) is 75.9 Å². The second-order valence-electron chi connectivity index (χ2n) is 10.9. The van der Waals surface area contributed by atoms with E-state index in [0.29, 0.717) is 55.3 Å². The van der Waals surface area contributed by atoms with Crippen LogP contribution in [0.4, 0.5) is 8.78 Å². The standard InChI is InChI=1S/C29H37F2N3O3/c1-29(2,31)19-33-15-12-20(13-16-33)18-37-23-10-8-21(9-11-23)24-6-3-7-25(30)26(24)28(36)34-14-4-5-22(17-34)27(32)35/h3,6-11,20,22H,4-5,12-19H2,1-2H3,(H2,32,35). The summed E-state index contributed by atoms with van der Waals surface area (Å²) in [6.45, 7) is 6.68. The number of halogens is 2. The van der Waals surface area contributed by atoms with Gasteiger partial charge in [-0.25, -0.2) is 8.78 Å². The first-order valence-corrected chi connectivity index (χ1v) is 13.1. The quantitative estimate of drug-likeness (QED) is 0.557. The number of alkyl halides is 1. The van der Waals surface area contributed by atoms with Crippen LogP contribution in [-0.4, -0.2) is 66.6 Å². The molecular weight excluding hydrogens is 476 g/mol. The number of hydrogen-bond acceptors (Lipinski definition) is 4. The Labute approximate surface area is 217 Å². The van der Waals surface area contributed by atoms with Crippen molar-refractivity contribution in [3.05, 3.63) is 53.8 Å². The zero-order valence-electron chi connectivity index (χ0n) is 21.7. The summed E-state index contributed by atoms with van der Waals surface area (Å²) in [5, 5.41) is 0. The van der Waals surface area contributed by atoms with Gasteiger partial charge in [0.05, 0.1) is 18.1 Å². The van der Waals surface area contributed by atoms with Crippen molar-refractivity contribution in [2.75, 3.05) is 39.3 Å². The minimum absolute atomic E-state index is 0.00417. The van der Waals surface area contributed by atoms with Crippen molar-refractivity contribution in [1.29, 1.82) is 0 Å². The maximum Gasteiger partial charge on any atom is 0.257 e. The molecule has 37 heavy (non-hydrogen) atoms. The highest BCUT2D eigenvalue weighted by atomic mass is 19.1. The third kappa shape index (κ3) is 7.06. The lowest BCUT2D eigenvalue weighted by Crippen LogP contribution is -2.44. The van der Waals surface area contributed by atoms with Gasteiger partial charge >= 0.3 is 0 Å². The van der Waals surface area contributed by atoms with Crippen molar-refractivity contribution in [3.63, 3.8) is 0 Å². The molecule has 1 unspecified atom stereocenters. The predicted molar refractivity (Wildman–Crippen MR) is 140 cm³/mol. The number of rotatable bonds is 8. The van der Waals surface area contributed by atoms with Gasteiger partial charge in [-0.3, -0.25) is 9.59 Å². The van der Waals surface area contributed by atoms with E-state index in [0.717, 1.165) is 25.9 Å². The fourth-order valence-electron chi connectivity index (χ4n) is 5.32. The molecule has 4 rings (SSSR count). The van der Waals surface area contributed by atoms with E-state index in [-0.39, 0.29) is 12.1 Å². The molecule has 0 spiro atoms. The Bertz CT molecular complexity index is 1090. The minimum Gasteiger partial charge on any atom is -0.493 e. The summed E-state index contributed by atoms with van der Waals surface area (Å²) in [5.41, 5.74) is 5.49. The number of carbonyl (C=O) groups is 2. The number of primary amides is 1. The van der Waals surface area contributed by atoms with Crippen molar-refractivity contribution in [3.8, 4) is 16.9 Å². The van der Waals surface area contributed by atoms with Crippen LogP contribution in [-0.2, 0) is 4.79 Å². The fourth-order valence-corrected chi connectivity index (χ4v) is 5.32. The number of amides is 2. The van der Waals surface area contributed by atoms with E-state index in [9.17, 15) is 18.4 Å². The third-order valence-electron chi connectivity index (χ3n) is 7.30. The Morgan fingerprint density at radius 3 is 2.41 bits per heavy atom. The van der Waals surface area contributed by atoms with Crippen LogP contribution in [0.1, 0.15) is 49.9 Å². The van der Waals surface area contributed by atoms with Crippen molar-refractivity contribution in [1.82, 2.24) is 9.80 Å². The number of piperidine rings is 2. The summed E-state index contributed by atoms with van der Waals surface area (Å²) in [5.74, 6) is -0.739. The molecule has 1 atom stereocenters. The Hall–Kier alpha value is -3.00. The van der Waals surface area contributed by atoms with E-state index in [4.69, 9.17) is 10.5 Å². The molecule has 2 heterocycles. The Kier molecular flexibility index (Phi) is 8.47. The van der Waals surface area contributed by atoms with Gasteiger partial charge in [0.2, 0.25) is 5.91 Å². The highest BCUT2D eigenvalue weighted by molar-refractivity contribution is 6.01. The smallest absolute Gasteiger partial charge is 0.257 e. The van der Waals surface area contributed by atoms with Crippen molar-refractivity contribution >= 4 is 11.8 Å². The van der Waals surface area contributed by atoms with Crippen LogP contribution in [0, 0.1) is 17.7 Å². The molecule has 0 aliphatic carbocycles. The lowest BCUT2D eigenvalue weighted by Gasteiger charge is -2.34. The van der Waals surface area contributed by atoms with Gasteiger partial charge in [0.1, 0.15) is 17.2 Å². The van der Waals surface area contributed by atoms with Crippen molar-refractivity contribution in [2.45, 2.75) is 45.2 Å². The fraction of sp³-hybridized carbons (Fsp3) is 0.517. The van der Waals surface area contributed by atoms with Crippen LogP contribution in [0.2, 0.25) is 0 Å². The van der Waals surface area contributed by atoms with Gasteiger partial charge < -0.3 is 20.3 Å². The number of likely N-dealkylation sites (tertiary alicyclic amines) is 2. The van der Waals surface area contributed by atoms with Crippen LogP contribution in [0.25, 0.3) is 11.1 Å². The normalized spacial score (nSPS) is 19.6. The molecule has 200 valence electrons. The highest BCUT2D eigenvalue weighted by Crippen LogP contribution is 2.30. The van der Waals surface area contributed by atoms with Crippen molar-refractivity contribution in [2.24, 2.45) is 17.6 Å². The van der Waals surface area contributed by atoms with Gasteiger partial charge in [-0.15, -0.1) is 0 Å². The molecular formula is C29H37F2N3O3. The van der Waals surface area contributed by atoms with E-state index in [2.05, 4.69) is 4.90 Å². The lowest BCUT2D eigenvalue weighted by molar-refractivity contribution is -0.123. The van der Waals surface area contributed by atoms with Crippen LogP contribution in [0.5, 0.6) is 5.75 Å². The average molecular weight is 514 g/mol. The van der Waals surface area contributed by atoms with Gasteiger partial charge in [-0.2, -0.15) is 0 Å². The first-order chi connectivity index (χ1) is 17.6. The van der Waals surface area contributed by atoms with Gasteiger partial charge in [0, 0.05) is 19.6 Å². The Morgan fingerprint density at radius 2 is 1.76 bits per heavy atom. The summed E-state index contributed by atoms with van der Waals surface area (Å²) in [6.07, 6.45) is 3.23. The zero-order chi connectivity index (χ0) is 26.6. The Balaban J connectivity index is 1.39. The molecule has 2 amide bonds. The minimum atomic E-state index is -1.18. The Morgan fingerprint density at radius 1 is 1.05 bits per heavy atom. The maximum atomic E-state index is 14.9. The molecule has 2 aromatic carbocycles. The lowest BCUT2D eigenvalue weighted by atomic mass is 9.94. The average Bonchev–Trinajstić information content (AvgIpc) is 2.87. The molecule has 6 nitrogen and oxygen atoms in total. The van der Waals surface area contributed by atoms with E-state index in [1.165, 1.54) is 11.0 Å². The molecule has 2 N–H and O–H groups in total. The van der Waals surface area contributed by atoms with Crippen LogP contribution in [0.15, 0.2) is 42.5 Å². The number of nitrogens with two attached hydrogens (primary N) is 1. The first kappa shape index (κ1) is 27.0. The largest absolute Gasteiger partial charge is 0.493 e. The molecule has 8 heteroatoms. The highest BCUT2D eigenvalue weighted by Gasteiger charge is 2.30. The number of nitrogens with zero attached hydrogens (tertiary/aromatic N) is 2. The predicted octanol–water partition coefficient (Wildman–Crippen LogP) is 4.67. The zero-order valence-corrected chi connectivity index (χ0v) is 21.7. The van der Waals surface area contributed by atoms with Gasteiger partial charge in [0.15, 0.2) is 0 Å². The summed E-state index contributed by atoms with van der Waals surface area (Å²) < 4.78 is 34.9. The maximum absolute atomic E-state index is 14.9. The number of benzene rings is 2. The molecule has 0 bridgehead atoms. The van der Waals surface area contributed by atoms with Gasteiger partial charge in [-0.1, -0.05) is 24.3 Å². The molecule has 2 aromatic rings. The molecule has 2 saturated heterocycles. The van der Waals surface area contributed by atoms with Gasteiger partial charge in [0.25, 0.3) is 5.91 Å². The number of hydrogen-bond donors (Lipinski definition) is 1. The molecule has 2 aliphatic rings. The summed E-state index contributed by atoms with van der Waals surface area (Å²) >= 11 is 0. The summed E-state index contributed by atoms with van der Waals surface area (Å²) in [7, 11) is 0. The number of ether oxygens (including phenoxy) is 1. The van der Waals surface area contributed by atoms with Crippen molar-refractivity contribution < 1.29 is 23.1 Å². The van der Waals surface area contributed by atoms with Crippen LogP contribution in [0.3, 0.4) is 0 Å². The summed E-state index contributed by atoms with van der Waals surface area (Å²) in [6, 6.07) is 11.9. The molecule has 0 radical (unpaired) electrons. The van der Waals surface area contributed by atoms with E-state index in [1.807, 2.05) is 24.3 Å². The van der Waals surface area contributed by atoms with Crippen LogP contribution >= 0.6 is 0 Å². The first-order valence-electron chi connectivity index (χ1n) is 13.1. The second kappa shape index (κ2) is 11.6. The van der Waals surface area contributed by atoms with Gasteiger partial charge in [-0.05, 0) is 87.9 Å². The third-order valence-corrected chi connectivity index (χ3v) is 7.30. The van der Waals surface area contributed by atoms with E-state index >= 15 is 0 Å². The van der Waals surface area contributed by atoms with Crippen LogP contribution < -0.4 is 10.5 Å². The monoisotopic (exact) mass is 513 g/mol. The molecule has 2 fully saturated rings. The SMILES string of the molecule is CC(C)(F)CN1CCC(COc2ccc(-c3cccc(F)c3C(=O)N3CCCC(C(N)=O)C3)cc2)CC1. The van der Waals surface area contributed by atoms with E-state index in [1.54, 1.807) is 26.0 Å².